The minimum Gasteiger partial charge on any atom is -0.495 e. The molecule has 1 heterocycles. The number of aromatic nitrogens is 1. The fourth-order valence-corrected chi connectivity index (χ4v) is 4.44. The number of aryl methyl sites for hydroxylation is 2. The number of nitrogens with zero attached hydrogens (tertiary/aromatic N) is 2. The third-order valence-corrected chi connectivity index (χ3v) is 6.22. The van der Waals surface area contributed by atoms with Gasteiger partial charge in [0.05, 0.1) is 18.5 Å². The number of nitrogens with two attached hydrogens (primary N) is 2. The van der Waals surface area contributed by atoms with E-state index in [2.05, 4.69) is 9.69 Å². The Morgan fingerprint density at radius 3 is 2.19 bits per heavy atom. The number of ether oxygens (including phenoxy) is 1. The lowest BCUT2D eigenvalue weighted by atomic mass is 9.99. The van der Waals surface area contributed by atoms with Gasteiger partial charge in [-0.25, -0.2) is 0 Å². The molecule has 0 aliphatic heterocycles. The Kier molecular flexibility index (Phi) is 7.68. The largest absolute Gasteiger partial charge is 0.495 e. The number of carbonyl (C=O) groups is 3. The first kappa shape index (κ1) is 26.7. The predicted molar refractivity (Wildman–Crippen MR) is 141 cm³/mol. The predicted octanol–water partition coefficient (Wildman–Crippen LogP) is 3.75. The van der Waals surface area contributed by atoms with Crippen molar-refractivity contribution in [1.29, 1.82) is 0 Å². The van der Waals surface area contributed by atoms with E-state index < -0.39 is 29.3 Å². The van der Waals surface area contributed by atoms with Crippen molar-refractivity contribution in [2.45, 2.75) is 46.2 Å². The average molecular weight is 510 g/mol. The highest BCUT2D eigenvalue weighted by Crippen LogP contribution is 2.38. The third-order valence-electron chi connectivity index (χ3n) is 5.37. The van der Waals surface area contributed by atoms with Crippen LogP contribution in [0.4, 0.5) is 11.4 Å². The van der Waals surface area contributed by atoms with E-state index in [1.807, 2.05) is 52.8 Å². The Labute approximate surface area is 214 Å². The van der Waals surface area contributed by atoms with Crippen LogP contribution in [0, 0.1) is 13.8 Å². The van der Waals surface area contributed by atoms with Gasteiger partial charge in [-0.2, -0.15) is 4.37 Å². The summed E-state index contributed by atoms with van der Waals surface area (Å²) in [7, 11) is 1.49. The normalized spacial score (nSPS) is 12.1. The lowest BCUT2D eigenvalue weighted by Gasteiger charge is -2.34. The molecule has 0 bridgehead atoms. The van der Waals surface area contributed by atoms with Gasteiger partial charge in [0.15, 0.2) is 5.69 Å². The number of hydrogen-bond donors (Lipinski definition) is 3. The molecule has 0 aliphatic carbocycles. The summed E-state index contributed by atoms with van der Waals surface area (Å²) in [5.74, 6) is -1.48. The fourth-order valence-electron chi connectivity index (χ4n) is 3.70. The van der Waals surface area contributed by atoms with Crippen molar-refractivity contribution in [2.75, 3.05) is 17.7 Å². The van der Waals surface area contributed by atoms with Gasteiger partial charge >= 0.3 is 0 Å². The maximum atomic E-state index is 14.2. The maximum Gasteiger partial charge on any atom is 0.273 e. The Balaban J connectivity index is 2.32. The van der Waals surface area contributed by atoms with Gasteiger partial charge in [0.25, 0.3) is 11.8 Å². The van der Waals surface area contributed by atoms with E-state index in [1.54, 1.807) is 24.3 Å². The maximum absolute atomic E-state index is 14.2. The average Bonchev–Trinajstić information content (AvgIpc) is 3.18. The summed E-state index contributed by atoms with van der Waals surface area (Å²) >= 11 is 0.754. The molecular formula is C26H31N5O4S. The second-order valence-corrected chi connectivity index (χ2v) is 10.3. The molecule has 0 fully saturated rings. The topological polar surface area (TPSA) is 141 Å². The molecule has 0 saturated heterocycles. The highest BCUT2D eigenvalue weighted by Gasteiger charge is 2.38. The van der Waals surface area contributed by atoms with Gasteiger partial charge in [-0.05, 0) is 69.4 Å². The summed E-state index contributed by atoms with van der Waals surface area (Å²) < 4.78 is 9.57. The van der Waals surface area contributed by atoms with Crippen LogP contribution in [0.5, 0.6) is 5.75 Å². The zero-order chi connectivity index (χ0) is 26.8. The second-order valence-electron chi connectivity index (χ2n) is 9.54. The number of rotatable bonds is 7. The molecule has 5 N–H and O–H groups in total. The summed E-state index contributed by atoms with van der Waals surface area (Å²) in [6.07, 6.45) is 0. The molecule has 190 valence electrons. The molecule has 3 aromatic rings. The summed E-state index contributed by atoms with van der Waals surface area (Å²) in [6, 6.07) is 11.6. The van der Waals surface area contributed by atoms with Crippen LogP contribution in [0.25, 0.3) is 0 Å². The van der Waals surface area contributed by atoms with E-state index in [1.165, 1.54) is 12.0 Å². The molecule has 10 heteroatoms. The minimum atomic E-state index is -1.09. The van der Waals surface area contributed by atoms with Crippen molar-refractivity contribution >= 4 is 40.6 Å². The van der Waals surface area contributed by atoms with E-state index in [0.29, 0.717) is 17.0 Å². The lowest BCUT2D eigenvalue weighted by molar-refractivity contribution is -0.123. The Bertz CT molecular complexity index is 1290. The molecule has 1 aromatic heterocycles. The molecule has 9 nitrogen and oxygen atoms in total. The van der Waals surface area contributed by atoms with Crippen LogP contribution in [-0.2, 0) is 4.79 Å². The van der Waals surface area contributed by atoms with Gasteiger partial charge in [-0.3, -0.25) is 19.3 Å². The molecule has 0 unspecified atom stereocenters. The summed E-state index contributed by atoms with van der Waals surface area (Å²) in [6.45, 7) is 9.38. The molecule has 3 amide bonds. The fraction of sp³-hybridized carbons (Fsp3) is 0.308. The van der Waals surface area contributed by atoms with Crippen LogP contribution in [-0.4, -0.2) is 34.7 Å². The molecule has 1 atom stereocenters. The molecule has 0 saturated carbocycles. The first-order chi connectivity index (χ1) is 16.8. The van der Waals surface area contributed by atoms with E-state index >= 15 is 0 Å². The monoisotopic (exact) mass is 509 g/mol. The van der Waals surface area contributed by atoms with Gasteiger partial charge in [-0.15, -0.1) is 0 Å². The molecular weight excluding hydrogens is 478 g/mol. The number of hydrogen-bond acceptors (Lipinski definition) is 7. The van der Waals surface area contributed by atoms with Crippen LogP contribution in [0.3, 0.4) is 0 Å². The van der Waals surface area contributed by atoms with E-state index in [4.69, 9.17) is 16.2 Å². The van der Waals surface area contributed by atoms with Crippen LogP contribution < -0.4 is 26.4 Å². The smallest absolute Gasteiger partial charge is 0.273 e. The van der Waals surface area contributed by atoms with Crippen LogP contribution in [0.1, 0.15) is 63.7 Å². The molecule has 2 aromatic carbocycles. The highest BCUT2D eigenvalue weighted by atomic mass is 32.1. The van der Waals surface area contributed by atoms with Crippen molar-refractivity contribution in [1.82, 2.24) is 9.69 Å². The zero-order valence-electron chi connectivity index (χ0n) is 21.2. The number of nitrogen functional groups attached to an aromatic ring is 1. The number of amides is 3. The van der Waals surface area contributed by atoms with Crippen LogP contribution in [0.2, 0.25) is 0 Å². The van der Waals surface area contributed by atoms with E-state index in [9.17, 15) is 14.4 Å². The third kappa shape index (κ3) is 5.65. The van der Waals surface area contributed by atoms with Gasteiger partial charge in [0, 0.05) is 5.54 Å². The van der Waals surface area contributed by atoms with E-state index in [0.717, 1.165) is 22.7 Å². The summed E-state index contributed by atoms with van der Waals surface area (Å²) in [4.78, 5) is 41.1. The first-order valence-corrected chi connectivity index (χ1v) is 12.0. The quantitative estimate of drug-likeness (QED) is 0.443. The molecule has 3 rings (SSSR count). The van der Waals surface area contributed by atoms with Gasteiger partial charge in [0.2, 0.25) is 5.91 Å². The second kappa shape index (κ2) is 10.4. The molecule has 0 spiro atoms. The number of benzene rings is 2. The summed E-state index contributed by atoms with van der Waals surface area (Å²) in [5, 5.41) is 2.99. The highest BCUT2D eigenvalue weighted by molar-refractivity contribution is 7.09. The number of primary amides is 1. The van der Waals surface area contributed by atoms with Crippen molar-refractivity contribution < 1.29 is 19.1 Å². The number of nitrogens with one attached hydrogen (secondary N) is 1. The van der Waals surface area contributed by atoms with Crippen LogP contribution in [0.15, 0.2) is 42.5 Å². The number of methoxy groups -OCH3 is 1. The minimum absolute atomic E-state index is 0.00645. The van der Waals surface area contributed by atoms with Crippen molar-refractivity contribution in [3.63, 3.8) is 0 Å². The van der Waals surface area contributed by atoms with Crippen molar-refractivity contribution in [3.8, 4) is 5.75 Å². The Morgan fingerprint density at radius 1 is 1.06 bits per heavy atom. The first-order valence-electron chi connectivity index (χ1n) is 11.3. The van der Waals surface area contributed by atoms with E-state index in [-0.39, 0.29) is 16.3 Å². The van der Waals surface area contributed by atoms with Crippen molar-refractivity contribution in [2.24, 2.45) is 5.73 Å². The van der Waals surface area contributed by atoms with Crippen molar-refractivity contribution in [3.05, 3.63) is 69.7 Å². The number of carbonyl (C=O) groups excluding carboxylic acids is 3. The van der Waals surface area contributed by atoms with Gasteiger partial charge in [0.1, 0.15) is 16.7 Å². The van der Waals surface area contributed by atoms with Crippen LogP contribution >= 0.6 is 11.5 Å². The zero-order valence-corrected chi connectivity index (χ0v) is 22.0. The molecule has 0 aliphatic rings. The molecule has 0 radical (unpaired) electrons. The standard InChI is InChI=1S/C26H31N5O4S/c1-14-7-10-16(11-8-14)21(24(33)29-26(3,4)5)31(17-13-15(2)9-12-18(17)35-6)25(34)22-19(27)20(23(28)32)30-36-22/h7-13,21H,27H2,1-6H3,(H2,28,32)(H,29,33)/t21-/m1/s1. The van der Waals surface area contributed by atoms with Gasteiger partial charge < -0.3 is 21.5 Å². The summed E-state index contributed by atoms with van der Waals surface area (Å²) in [5.41, 5.74) is 13.4. The number of anilines is 2. The molecule has 36 heavy (non-hydrogen) atoms. The SMILES string of the molecule is COc1ccc(C)cc1N(C(=O)c1snc(C(N)=O)c1N)[C@@H](C(=O)NC(C)(C)C)c1ccc(C)cc1. The Hall–Kier alpha value is -3.92. The Morgan fingerprint density at radius 2 is 1.67 bits per heavy atom. The lowest BCUT2D eigenvalue weighted by Crippen LogP contribution is -2.49. The van der Waals surface area contributed by atoms with Gasteiger partial charge in [-0.1, -0.05) is 35.9 Å².